The first-order valence-electron chi connectivity index (χ1n) is 21.7. The highest BCUT2D eigenvalue weighted by Crippen LogP contribution is 2.41. The van der Waals surface area contributed by atoms with Crippen LogP contribution in [0.4, 0.5) is 0 Å². The number of amides is 4. The zero-order valence-electron chi connectivity index (χ0n) is 37.8. The van der Waals surface area contributed by atoms with E-state index in [0.29, 0.717) is 44.0 Å². The van der Waals surface area contributed by atoms with E-state index >= 15 is 0 Å². The van der Waals surface area contributed by atoms with Crippen LogP contribution in [0.2, 0.25) is 0 Å². The summed E-state index contributed by atoms with van der Waals surface area (Å²) in [7, 11) is 5.33. The van der Waals surface area contributed by atoms with Crippen molar-refractivity contribution in [3.63, 3.8) is 0 Å². The molecule has 3 aromatic heterocycles. The molecule has 6 rings (SSSR count). The Morgan fingerprint density at radius 3 is 2.60 bits per heavy atom. The number of aromatic nitrogens is 3. The molecule has 2 fully saturated rings. The number of pyridine rings is 1. The van der Waals surface area contributed by atoms with Crippen molar-refractivity contribution in [2.45, 2.75) is 84.9 Å². The third-order valence-corrected chi connectivity index (χ3v) is 13.1. The van der Waals surface area contributed by atoms with Crippen LogP contribution < -0.4 is 10.7 Å². The molecule has 63 heavy (non-hydrogen) atoms. The normalized spacial score (nSPS) is 17.1. The Labute approximate surface area is 374 Å². The van der Waals surface area contributed by atoms with Gasteiger partial charge in [-0.15, -0.1) is 11.3 Å². The molecule has 0 aliphatic carbocycles. The van der Waals surface area contributed by atoms with E-state index < -0.39 is 29.3 Å². The Balaban J connectivity index is 1.31. The summed E-state index contributed by atoms with van der Waals surface area (Å²) in [5.41, 5.74) is 9.24. The van der Waals surface area contributed by atoms with Crippen LogP contribution in [-0.2, 0) is 53.3 Å². The molecule has 0 spiro atoms. The number of nitrogens with zero attached hydrogens (tertiary/aromatic N) is 6. The van der Waals surface area contributed by atoms with Crippen molar-refractivity contribution in [1.29, 1.82) is 0 Å². The van der Waals surface area contributed by atoms with Gasteiger partial charge in [-0.3, -0.25) is 34.0 Å². The summed E-state index contributed by atoms with van der Waals surface area (Å²) in [5.74, 6) is -1.85. The second kappa shape index (κ2) is 20.4. The first-order valence-corrected chi connectivity index (χ1v) is 22.6. The van der Waals surface area contributed by atoms with E-state index in [1.54, 1.807) is 30.3 Å². The molecule has 0 bridgehead atoms. The van der Waals surface area contributed by atoms with E-state index in [4.69, 9.17) is 19.4 Å². The summed E-state index contributed by atoms with van der Waals surface area (Å²) in [6.07, 6.45) is 5.76. The second-order valence-electron chi connectivity index (χ2n) is 17.8. The third-order valence-electron chi connectivity index (χ3n) is 12.2. The molecule has 16 heteroatoms. The number of rotatable bonds is 18. The van der Waals surface area contributed by atoms with Crippen molar-refractivity contribution in [1.82, 2.24) is 40.1 Å². The molecule has 2 saturated heterocycles. The molecule has 0 unspecified atom stereocenters. The number of hydrazine groups is 1. The predicted molar refractivity (Wildman–Crippen MR) is 243 cm³/mol. The highest BCUT2D eigenvalue weighted by atomic mass is 32.1. The van der Waals surface area contributed by atoms with Gasteiger partial charge in [0.1, 0.15) is 12.1 Å². The number of aryl methyl sites for hydroxylation is 1. The fourth-order valence-corrected chi connectivity index (χ4v) is 9.77. The van der Waals surface area contributed by atoms with Crippen LogP contribution in [-0.4, -0.2) is 118 Å². The van der Waals surface area contributed by atoms with Gasteiger partial charge in [0.15, 0.2) is 0 Å². The zero-order chi connectivity index (χ0) is 45.6. The molecule has 2 aliphatic rings. The standard InChI is InChI=1S/C47H62N8O7S/c1-10-40(57)54-21-17-32(25-54)45(59)53(8)42(29(2)3)44(58)51-36(46(60)55-20-12-11-19-49-55)23-39-50-37(26-63-39)31-15-16-38-34(22-31)35(24-47(5,6)27-62-28-56)43(52(38)7)33-14-13-18-48-41(33)30(4)61-9/h10,13-16,18,22,26,28-30,32,36,42,49H,1,11-12,17,19-21,23-25,27H2,2-9H3,(H,51,58)/t30-,32-,36-,42-/m0/s1. The minimum atomic E-state index is -0.955. The van der Waals surface area contributed by atoms with Gasteiger partial charge in [-0.2, -0.15) is 0 Å². The summed E-state index contributed by atoms with van der Waals surface area (Å²) in [6, 6.07) is 8.43. The number of fused-ring (bicyclic) bond motifs is 1. The van der Waals surface area contributed by atoms with Crippen molar-refractivity contribution in [3.05, 3.63) is 70.8 Å². The van der Waals surface area contributed by atoms with Gasteiger partial charge in [0.2, 0.25) is 17.7 Å². The summed E-state index contributed by atoms with van der Waals surface area (Å²) >= 11 is 1.42. The van der Waals surface area contributed by atoms with Gasteiger partial charge in [0.05, 0.1) is 40.7 Å². The van der Waals surface area contributed by atoms with E-state index in [-0.39, 0.29) is 49.3 Å². The third kappa shape index (κ3) is 10.5. The highest BCUT2D eigenvalue weighted by molar-refractivity contribution is 7.10. The first-order chi connectivity index (χ1) is 30.1. The SMILES string of the molecule is C=CC(=O)N1CC[C@H](C(=O)N(C)[C@H](C(=O)N[C@@H](Cc2nc(-c3ccc4c(c3)c(CC(C)(C)COC=O)c(-c3cccnc3[C@H](C)OC)n4C)cs2)C(=O)N2CCCCN2)C(C)C)C1. The van der Waals surface area contributed by atoms with Crippen molar-refractivity contribution in [2.75, 3.05) is 46.9 Å². The molecular formula is C47H62N8O7S. The Morgan fingerprint density at radius 1 is 1.14 bits per heavy atom. The molecule has 1 aromatic carbocycles. The molecule has 4 aromatic rings. The number of likely N-dealkylation sites (N-methyl/N-ethyl adjacent to an activating group) is 1. The summed E-state index contributed by atoms with van der Waals surface area (Å²) in [5, 5.41) is 8.27. The maximum absolute atomic E-state index is 14.3. The fraction of sp³-hybridized carbons (Fsp3) is 0.511. The number of carbonyl (C=O) groups is 5. The molecule has 2 aliphatic heterocycles. The molecular weight excluding hydrogens is 821 g/mol. The molecule has 4 amide bonds. The van der Waals surface area contributed by atoms with Gasteiger partial charge in [-0.05, 0) is 74.4 Å². The van der Waals surface area contributed by atoms with Crippen LogP contribution in [0.5, 0.6) is 0 Å². The molecule has 338 valence electrons. The Kier molecular flexibility index (Phi) is 15.2. The number of likely N-dealkylation sites (tertiary alicyclic amines) is 1. The monoisotopic (exact) mass is 882 g/mol. The van der Waals surface area contributed by atoms with E-state index in [1.807, 2.05) is 45.3 Å². The first kappa shape index (κ1) is 47.0. The molecule has 15 nitrogen and oxygen atoms in total. The quantitative estimate of drug-likeness (QED) is 0.0965. The second-order valence-corrected chi connectivity index (χ2v) is 18.7. The number of ether oxygens (including phenoxy) is 2. The van der Waals surface area contributed by atoms with Crippen LogP contribution in [0.1, 0.15) is 76.3 Å². The Bertz CT molecular complexity index is 2310. The summed E-state index contributed by atoms with van der Waals surface area (Å²) < 4.78 is 13.2. The lowest BCUT2D eigenvalue weighted by Gasteiger charge is -2.35. The molecule has 0 saturated carbocycles. The smallest absolute Gasteiger partial charge is 0.293 e. The lowest BCUT2D eigenvalue weighted by atomic mass is 9.84. The summed E-state index contributed by atoms with van der Waals surface area (Å²) in [4.78, 5) is 78.6. The minimum Gasteiger partial charge on any atom is -0.467 e. The maximum atomic E-state index is 14.3. The Morgan fingerprint density at radius 2 is 1.92 bits per heavy atom. The van der Waals surface area contributed by atoms with Gasteiger partial charge in [-0.1, -0.05) is 40.3 Å². The van der Waals surface area contributed by atoms with Crippen LogP contribution in [0.25, 0.3) is 33.4 Å². The van der Waals surface area contributed by atoms with Gasteiger partial charge in [-0.25, -0.2) is 10.4 Å². The largest absolute Gasteiger partial charge is 0.467 e. The van der Waals surface area contributed by atoms with Gasteiger partial charge >= 0.3 is 0 Å². The lowest BCUT2D eigenvalue weighted by molar-refractivity contribution is -0.145. The van der Waals surface area contributed by atoms with E-state index in [0.717, 1.165) is 57.5 Å². The fourth-order valence-electron chi connectivity index (χ4n) is 8.92. The number of methoxy groups -OCH3 is 1. The van der Waals surface area contributed by atoms with Gasteiger partial charge < -0.3 is 29.2 Å². The van der Waals surface area contributed by atoms with Crippen molar-refractivity contribution >= 4 is 52.3 Å². The Hall–Kier alpha value is -5.45. The average Bonchev–Trinajstić information content (AvgIpc) is 4.03. The number of nitrogens with one attached hydrogen (secondary N) is 2. The molecule has 4 atom stereocenters. The average molecular weight is 883 g/mol. The summed E-state index contributed by atoms with van der Waals surface area (Å²) in [6.45, 7) is 16.0. The van der Waals surface area contributed by atoms with Crippen molar-refractivity contribution in [2.24, 2.45) is 24.3 Å². The number of carbonyl (C=O) groups excluding carboxylic acids is 5. The molecule has 0 radical (unpaired) electrons. The molecule has 5 heterocycles. The van der Waals surface area contributed by atoms with Crippen molar-refractivity contribution < 1.29 is 33.4 Å². The minimum absolute atomic E-state index is 0.145. The number of thiazole rings is 1. The zero-order valence-corrected chi connectivity index (χ0v) is 38.6. The predicted octanol–water partition coefficient (Wildman–Crippen LogP) is 5.48. The van der Waals surface area contributed by atoms with Gasteiger partial charge in [0.25, 0.3) is 12.4 Å². The van der Waals surface area contributed by atoms with Crippen LogP contribution >= 0.6 is 11.3 Å². The van der Waals surface area contributed by atoms with Crippen LogP contribution in [0, 0.1) is 17.3 Å². The maximum Gasteiger partial charge on any atom is 0.293 e. The van der Waals surface area contributed by atoms with E-state index in [1.165, 1.54) is 22.3 Å². The lowest BCUT2D eigenvalue weighted by Crippen LogP contribution is -2.59. The van der Waals surface area contributed by atoms with E-state index in [2.05, 4.69) is 53.9 Å². The molecule has 2 N–H and O–H groups in total. The highest BCUT2D eigenvalue weighted by Gasteiger charge is 2.39. The van der Waals surface area contributed by atoms with Crippen molar-refractivity contribution in [3.8, 4) is 22.5 Å². The number of hydrogen-bond donors (Lipinski definition) is 2. The number of hydrogen-bond acceptors (Lipinski definition) is 11. The topological polar surface area (TPSA) is 168 Å². The van der Waals surface area contributed by atoms with Crippen LogP contribution in [0.3, 0.4) is 0 Å². The van der Waals surface area contributed by atoms with Crippen LogP contribution in [0.15, 0.2) is 54.6 Å². The number of benzene rings is 1. The van der Waals surface area contributed by atoms with Gasteiger partial charge in [0, 0.05) is 92.8 Å². The van der Waals surface area contributed by atoms with E-state index in [9.17, 15) is 24.0 Å².